The summed E-state index contributed by atoms with van der Waals surface area (Å²) in [6.45, 7) is 4.60. The molecule has 0 unspecified atom stereocenters. The summed E-state index contributed by atoms with van der Waals surface area (Å²) >= 11 is 0. The molecule has 0 aromatic heterocycles. The lowest BCUT2D eigenvalue weighted by atomic mass is 10.0. The number of nitrogens with one attached hydrogen (secondary N) is 1. The Balaban J connectivity index is 1.49. The van der Waals surface area contributed by atoms with Gasteiger partial charge in [0.05, 0.1) is 23.1 Å². The molecular formula is C28H39N3O6S. The van der Waals surface area contributed by atoms with Gasteiger partial charge in [0.25, 0.3) is 0 Å². The molecule has 1 saturated heterocycles. The minimum Gasteiger partial charge on any atom is -0.446 e. The third kappa shape index (κ3) is 7.25. The number of aliphatic hydroxyl groups excluding tert-OH is 1. The van der Waals surface area contributed by atoms with Crippen molar-refractivity contribution in [2.75, 3.05) is 25.4 Å². The van der Waals surface area contributed by atoms with E-state index in [1.54, 1.807) is 0 Å². The molecule has 4 N–H and O–H groups in total. The van der Waals surface area contributed by atoms with E-state index in [9.17, 15) is 18.3 Å². The molecule has 0 bridgehead atoms. The molecule has 2 aliphatic rings. The Labute approximate surface area is 225 Å². The molecule has 208 valence electrons. The molecule has 1 amide bonds. The summed E-state index contributed by atoms with van der Waals surface area (Å²) < 4.78 is 39.7. The molecule has 5 atom stereocenters. The summed E-state index contributed by atoms with van der Waals surface area (Å²) in [5, 5.41) is 14.2. The van der Waals surface area contributed by atoms with Crippen molar-refractivity contribution in [1.82, 2.24) is 9.62 Å². The fourth-order valence-electron chi connectivity index (χ4n) is 5.30. The number of hydrogen-bond donors (Lipinski definition) is 3. The maximum atomic E-state index is 13.5. The summed E-state index contributed by atoms with van der Waals surface area (Å²) in [6, 6.07) is 14.7. The van der Waals surface area contributed by atoms with Gasteiger partial charge in [-0.25, -0.2) is 13.2 Å². The van der Waals surface area contributed by atoms with E-state index in [4.69, 9.17) is 15.2 Å². The maximum absolute atomic E-state index is 13.5. The molecule has 2 aromatic carbocycles. The quantitative estimate of drug-likeness (QED) is 0.370. The number of aliphatic hydroxyl groups is 1. The van der Waals surface area contributed by atoms with Crippen molar-refractivity contribution in [3.63, 3.8) is 0 Å². The lowest BCUT2D eigenvalue weighted by Crippen LogP contribution is -2.51. The molecule has 1 saturated carbocycles. The van der Waals surface area contributed by atoms with Gasteiger partial charge in [-0.05, 0) is 60.9 Å². The molecule has 38 heavy (non-hydrogen) atoms. The minimum atomic E-state index is -3.91. The van der Waals surface area contributed by atoms with E-state index in [1.165, 1.54) is 28.6 Å². The fourth-order valence-corrected chi connectivity index (χ4v) is 6.92. The number of nitrogens with two attached hydrogens (primary N) is 1. The van der Waals surface area contributed by atoms with Gasteiger partial charge in [-0.3, -0.25) is 0 Å². The number of benzene rings is 2. The van der Waals surface area contributed by atoms with Gasteiger partial charge in [-0.1, -0.05) is 44.2 Å². The Bertz CT molecular complexity index is 1150. The smallest absolute Gasteiger partial charge is 0.407 e. The average Bonchev–Trinajstić information content (AvgIpc) is 3.45. The Morgan fingerprint density at radius 3 is 2.50 bits per heavy atom. The van der Waals surface area contributed by atoms with Gasteiger partial charge in [-0.2, -0.15) is 4.31 Å². The highest BCUT2D eigenvalue weighted by molar-refractivity contribution is 7.89. The van der Waals surface area contributed by atoms with E-state index in [1.807, 2.05) is 44.2 Å². The second-order valence-electron chi connectivity index (χ2n) is 10.7. The third-order valence-corrected chi connectivity index (χ3v) is 9.07. The summed E-state index contributed by atoms with van der Waals surface area (Å²) in [6.07, 6.45) is 0.842. The number of alkyl carbamates (subject to hydrolysis) is 1. The zero-order valence-corrected chi connectivity index (χ0v) is 22.8. The summed E-state index contributed by atoms with van der Waals surface area (Å²) in [7, 11) is -3.91. The van der Waals surface area contributed by atoms with Gasteiger partial charge < -0.3 is 25.6 Å². The van der Waals surface area contributed by atoms with Crippen LogP contribution in [0.15, 0.2) is 59.5 Å². The van der Waals surface area contributed by atoms with Crippen molar-refractivity contribution < 1.29 is 27.8 Å². The standard InChI is InChI=1S/C28H39N3O6S/c1-19(2)17-31(38(34,35)24-10-8-22(29)9-11-24)18-26(32)25(14-20-6-4-3-5-7-20)30-28(33)37-23-15-21-12-13-36-27(21)16-23/h3-11,19,21,23,25-27,32H,12-18,29H2,1-2H3,(H,30,33)/t21-,23+,25-,26-,27+/m0/s1. The fraction of sp³-hybridized carbons (Fsp3) is 0.536. The largest absolute Gasteiger partial charge is 0.446 e. The summed E-state index contributed by atoms with van der Waals surface area (Å²) in [5.74, 6) is 0.432. The van der Waals surface area contributed by atoms with Crippen molar-refractivity contribution in [2.24, 2.45) is 11.8 Å². The summed E-state index contributed by atoms with van der Waals surface area (Å²) in [5.41, 5.74) is 7.11. The van der Waals surface area contributed by atoms with Gasteiger partial charge in [0.15, 0.2) is 0 Å². The van der Waals surface area contributed by atoms with Crippen molar-refractivity contribution >= 4 is 21.8 Å². The van der Waals surface area contributed by atoms with Crippen LogP contribution in [0.3, 0.4) is 0 Å². The second kappa shape index (κ2) is 12.5. The first-order chi connectivity index (χ1) is 18.1. The van der Waals surface area contributed by atoms with Gasteiger partial charge >= 0.3 is 6.09 Å². The molecular weight excluding hydrogens is 506 g/mol. The molecule has 10 heteroatoms. The molecule has 2 fully saturated rings. The highest BCUT2D eigenvalue weighted by atomic mass is 32.2. The van der Waals surface area contributed by atoms with Crippen LogP contribution in [0.4, 0.5) is 10.5 Å². The lowest BCUT2D eigenvalue weighted by molar-refractivity contribution is 0.0554. The average molecular weight is 546 g/mol. The zero-order chi connectivity index (χ0) is 27.3. The monoisotopic (exact) mass is 545 g/mol. The van der Waals surface area contributed by atoms with Crippen molar-refractivity contribution in [2.45, 2.75) is 68.8 Å². The number of sulfonamides is 1. The first-order valence-corrected chi connectivity index (χ1v) is 14.7. The Kier molecular flexibility index (Phi) is 9.30. The number of hydrogen-bond acceptors (Lipinski definition) is 7. The van der Waals surface area contributed by atoms with E-state index in [0.717, 1.165) is 25.0 Å². The number of anilines is 1. The van der Waals surface area contributed by atoms with Crippen LogP contribution in [0.25, 0.3) is 0 Å². The normalized spacial score (nSPS) is 22.8. The number of carbonyl (C=O) groups excluding carboxylic acids is 1. The van der Waals surface area contributed by atoms with Gasteiger partial charge in [0.1, 0.15) is 6.10 Å². The van der Waals surface area contributed by atoms with Crippen LogP contribution in [0.5, 0.6) is 0 Å². The number of amides is 1. The molecule has 0 radical (unpaired) electrons. The van der Waals surface area contributed by atoms with E-state index in [2.05, 4.69) is 5.32 Å². The Morgan fingerprint density at radius 2 is 1.84 bits per heavy atom. The van der Waals surface area contributed by atoms with Gasteiger partial charge in [0.2, 0.25) is 10.0 Å². The first-order valence-electron chi connectivity index (χ1n) is 13.3. The maximum Gasteiger partial charge on any atom is 0.407 e. The van der Waals surface area contributed by atoms with Gasteiger partial charge in [0, 0.05) is 31.8 Å². The highest BCUT2D eigenvalue weighted by Gasteiger charge is 2.40. The number of nitrogen functional groups attached to an aromatic ring is 1. The topological polar surface area (TPSA) is 131 Å². The van der Waals surface area contributed by atoms with Crippen LogP contribution in [-0.4, -0.2) is 68.0 Å². The summed E-state index contributed by atoms with van der Waals surface area (Å²) in [4.78, 5) is 13.0. The number of ether oxygens (including phenoxy) is 2. The highest BCUT2D eigenvalue weighted by Crippen LogP contribution is 2.37. The molecule has 0 spiro atoms. The van der Waals surface area contributed by atoms with Crippen LogP contribution in [-0.2, 0) is 25.9 Å². The molecule has 1 aliphatic carbocycles. The van der Waals surface area contributed by atoms with E-state index < -0.39 is 28.3 Å². The van der Waals surface area contributed by atoms with Crippen LogP contribution < -0.4 is 11.1 Å². The molecule has 1 heterocycles. The number of rotatable bonds is 11. The van der Waals surface area contributed by atoms with Crippen molar-refractivity contribution in [3.05, 3.63) is 60.2 Å². The molecule has 4 rings (SSSR count). The second-order valence-corrected chi connectivity index (χ2v) is 12.7. The van der Waals surface area contributed by atoms with E-state index in [0.29, 0.717) is 24.4 Å². The third-order valence-electron chi connectivity index (χ3n) is 7.22. The van der Waals surface area contributed by atoms with Crippen molar-refractivity contribution in [1.29, 1.82) is 0 Å². The minimum absolute atomic E-state index is 0.0142. The zero-order valence-electron chi connectivity index (χ0n) is 22.0. The van der Waals surface area contributed by atoms with Crippen LogP contribution in [0.1, 0.15) is 38.7 Å². The molecule has 2 aromatic rings. The SMILES string of the molecule is CC(C)CN(C[C@H](O)[C@H](Cc1ccccc1)NC(=O)O[C@@H]1C[C@@H]2CCO[C@@H]2C1)S(=O)(=O)c1ccc(N)cc1. The van der Waals surface area contributed by atoms with E-state index in [-0.39, 0.29) is 36.1 Å². The molecule has 1 aliphatic heterocycles. The number of nitrogens with zero attached hydrogens (tertiary/aromatic N) is 1. The Morgan fingerprint density at radius 1 is 1.13 bits per heavy atom. The first kappa shape index (κ1) is 28.4. The lowest BCUT2D eigenvalue weighted by Gasteiger charge is -2.31. The van der Waals surface area contributed by atoms with Crippen molar-refractivity contribution in [3.8, 4) is 0 Å². The molecule has 9 nitrogen and oxygen atoms in total. The number of carbonyl (C=O) groups is 1. The van der Waals surface area contributed by atoms with Crippen LogP contribution in [0, 0.1) is 11.8 Å². The predicted octanol–water partition coefficient (Wildman–Crippen LogP) is 3.18. The van der Waals surface area contributed by atoms with Crippen LogP contribution in [0.2, 0.25) is 0 Å². The van der Waals surface area contributed by atoms with Gasteiger partial charge in [-0.15, -0.1) is 0 Å². The van der Waals surface area contributed by atoms with Crippen LogP contribution >= 0.6 is 0 Å². The van der Waals surface area contributed by atoms with E-state index >= 15 is 0 Å². The number of fused-ring (bicyclic) bond motifs is 1. The predicted molar refractivity (Wildman–Crippen MR) is 145 cm³/mol. The Hall–Kier alpha value is -2.66.